The zero-order chi connectivity index (χ0) is 36.8. The maximum absolute atomic E-state index is 3.86. The minimum absolute atomic E-state index is 0.0758. The first-order valence-corrected chi connectivity index (χ1v) is 19.9. The Kier molecular flexibility index (Phi) is 8.44. The highest BCUT2D eigenvalue weighted by atomic mass is 14.9. The fourth-order valence-electron chi connectivity index (χ4n) is 9.40. The van der Waals surface area contributed by atoms with Gasteiger partial charge in [0.25, 0.3) is 0 Å². The Morgan fingerprint density at radius 1 is 0.582 bits per heavy atom. The Labute approximate surface area is 325 Å². The molecule has 3 aliphatic carbocycles. The lowest BCUT2D eigenvalue weighted by Crippen LogP contribution is -2.23. The van der Waals surface area contributed by atoms with Crippen LogP contribution >= 0.6 is 0 Å². The van der Waals surface area contributed by atoms with Crippen molar-refractivity contribution in [2.24, 2.45) is 5.92 Å². The number of aryl methyl sites for hydroxylation is 1. The van der Waals surface area contributed by atoms with E-state index in [1.807, 2.05) is 0 Å². The average molecular weight is 708 g/mol. The number of fused-ring (bicyclic) bond motifs is 6. The highest BCUT2D eigenvalue weighted by Gasteiger charge is 2.39. The van der Waals surface area contributed by atoms with E-state index in [9.17, 15) is 0 Å². The summed E-state index contributed by atoms with van der Waals surface area (Å²) in [6, 6.07) is 54.6. The number of hydrogen-bond acceptors (Lipinski definition) is 1. The predicted octanol–water partition coefficient (Wildman–Crippen LogP) is 14.0. The van der Waals surface area contributed by atoms with Gasteiger partial charge in [0.2, 0.25) is 0 Å². The summed E-state index contributed by atoms with van der Waals surface area (Å²) in [4.78, 5) is 0. The first kappa shape index (κ1) is 33.4. The average Bonchev–Trinajstić information content (AvgIpc) is 3.50. The summed E-state index contributed by atoms with van der Waals surface area (Å²) in [5.74, 6) is 0.505. The molecule has 1 N–H and O–H groups in total. The molecule has 1 heteroatoms. The molecule has 0 radical (unpaired) electrons. The highest BCUT2D eigenvalue weighted by molar-refractivity contribution is 6.14. The number of allylic oxidation sites excluding steroid dienone is 6. The van der Waals surface area contributed by atoms with Crippen LogP contribution in [0.1, 0.15) is 42.9 Å². The number of rotatable bonds is 8. The van der Waals surface area contributed by atoms with Crippen LogP contribution in [0.5, 0.6) is 0 Å². The molecule has 0 bridgehead atoms. The first-order valence-electron chi connectivity index (χ1n) is 19.9. The molecule has 0 aromatic heterocycles. The summed E-state index contributed by atoms with van der Waals surface area (Å²) in [6.45, 7) is 2.46. The lowest BCUT2D eigenvalue weighted by Gasteiger charge is -2.28. The molecule has 0 heterocycles. The summed E-state index contributed by atoms with van der Waals surface area (Å²) in [7, 11) is 0. The second-order valence-electron chi connectivity index (χ2n) is 15.8. The van der Waals surface area contributed by atoms with E-state index in [-0.39, 0.29) is 5.41 Å². The molecule has 0 amide bonds. The minimum Gasteiger partial charge on any atom is -0.379 e. The molecule has 1 nitrogen and oxygen atoms in total. The van der Waals surface area contributed by atoms with Gasteiger partial charge in [-0.25, -0.2) is 0 Å². The van der Waals surface area contributed by atoms with Crippen molar-refractivity contribution >= 4 is 27.2 Å². The zero-order valence-corrected chi connectivity index (χ0v) is 31.4. The Hall–Kier alpha value is -6.18. The molecule has 0 aliphatic heterocycles. The molecule has 3 atom stereocenters. The predicted molar refractivity (Wildman–Crippen MR) is 235 cm³/mol. The van der Waals surface area contributed by atoms with Gasteiger partial charge in [-0.1, -0.05) is 171 Å². The quantitative estimate of drug-likeness (QED) is 0.155. The summed E-state index contributed by atoms with van der Waals surface area (Å²) in [5.41, 5.74) is 14.6. The number of anilines is 1. The van der Waals surface area contributed by atoms with Crippen molar-refractivity contribution in [3.63, 3.8) is 0 Å². The van der Waals surface area contributed by atoms with Crippen LogP contribution in [-0.4, -0.2) is 6.04 Å². The van der Waals surface area contributed by atoms with Crippen molar-refractivity contribution in [3.05, 3.63) is 210 Å². The van der Waals surface area contributed by atoms with Crippen LogP contribution in [0.3, 0.4) is 0 Å². The van der Waals surface area contributed by atoms with Crippen molar-refractivity contribution in [1.82, 2.24) is 0 Å². The largest absolute Gasteiger partial charge is 0.379 e. The molecule has 55 heavy (non-hydrogen) atoms. The third-order valence-electron chi connectivity index (χ3n) is 12.5. The van der Waals surface area contributed by atoms with Gasteiger partial charge in [-0.15, -0.1) is 0 Å². The third-order valence-corrected chi connectivity index (χ3v) is 12.5. The Morgan fingerprint density at radius 2 is 1.38 bits per heavy atom. The summed E-state index contributed by atoms with van der Waals surface area (Å²) >= 11 is 0. The molecule has 3 aliphatic rings. The van der Waals surface area contributed by atoms with E-state index in [2.05, 4.69) is 200 Å². The normalized spacial score (nSPS) is 19.7. The monoisotopic (exact) mass is 707 g/mol. The summed E-state index contributed by atoms with van der Waals surface area (Å²) < 4.78 is 0. The van der Waals surface area contributed by atoms with Crippen LogP contribution in [0, 0.1) is 5.92 Å². The van der Waals surface area contributed by atoms with E-state index >= 15 is 0 Å². The second kappa shape index (κ2) is 13.9. The maximum Gasteiger partial charge on any atom is 0.0482 e. The standard InChI is InChI=1S/C54H45N/c1-54(52-19-11-10-18-48(52)49-31-29-45(36-53(49)54)55-44-27-24-39(25-28-44)38-12-4-2-5-13-38)33-32-37-20-22-40(23-21-37)42-26-30-47-46-17-9-8-16-43(46)35-50(51(47)34-42)41-14-6-3-7-15-41/h2-12,14-27,29-31,34-36,38,44,55H,13,28,32-33H2,1H3. The van der Waals surface area contributed by atoms with E-state index in [4.69, 9.17) is 0 Å². The van der Waals surface area contributed by atoms with Crippen molar-refractivity contribution in [2.45, 2.75) is 44.1 Å². The molecule has 0 fully saturated rings. The van der Waals surface area contributed by atoms with E-state index in [0.29, 0.717) is 12.0 Å². The van der Waals surface area contributed by atoms with E-state index in [1.54, 1.807) is 0 Å². The van der Waals surface area contributed by atoms with Gasteiger partial charge in [0, 0.05) is 23.1 Å². The fourth-order valence-corrected chi connectivity index (χ4v) is 9.40. The van der Waals surface area contributed by atoms with Crippen molar-refractivity contribution in [2.75, 3.05) is 5.32 Å². The molecule has 3 unspecified atom stereocenters. The Bertz CT molecular complexity index is 2690. The van der Waals surface area contributed by atoms with Crippen LogP contribution in [0.15, 0.2) is 194 Å². The third kappa shape index (κ3) is 6.15. The first-order chi connectivity index (χ1) is 27.1. The van der Waals surface area contributed by atoms with Gasteiger partial charge in [0.1, 0.15) is 0 Å². The molecule has 266 valence electrons. The van der Waals surface area contributed by atoms with Gasteiger partial charge in [-0.3, -0.25) is 0 Å². The van der Waals surface area contributed by atoms with E-state index in [1.165, 1.54) is 82.9 Å². The van der Waals surface area contributed by atoms with Crippen LogP contribution in [0.25, 0.3) is 54.9 Å². The van der Waals surface area contributed by atoms with E-state index < -0.39 is 0 Å². The van der Waals surface area contributed by atoms with Gasteiger partial charge in [-0.05, 0) is 127 Å². The second-order valence-corrected chi connectivity index (χ2v) is 15.8. The number of benzene rings is 7. The van der Waals surface area contributed by atoms with Gasteiger partial charge >= 0.3 is 0 Å². The van der Waals surface area contributed by atoms with E-state index in [0.717, 1.165) is 25.7 Å². The smallest absolute Gasteiger partial charge is 0.0482 e. The van der Waals surface area contributed by atoms with Crippen LogP contribution < -0.4 is 5.32 Å². The van der Waals surface area contributed by atoms with Gasteiger partial charge < -0.3 is 5.32 Å². The van der Waals surface area contributed by atoms with Gasteiger partial charge in [0.05, 0.1) is 0 Å². The number of nitrogens with one attached hydrogen (secondary N) is 1. The lowest BCUT2D eigenvalue weighted by molar-refractivity contribution is 0.532. The van der Waals surface area contributed by atoms with Crippen LogP contribution in [-0.2, 0) is 11.8 Å². The molecule has 10 rings (SSSR count). The molecular weight excluding hydrogens is 663 g/mol. The molecular formula is C54H45N. The van der Waals surface area contributed by atoms with Crippen LogP contribution in [0.4, 0.5) is 5.69 Å². The van der Waals surface area contributed by atoms with Crippen molar-refractivity contribution in [3.8, 4) is 33.4 Å². The van der Waals surface area contributed by atoms with Gasteiger partial charge in [-0.2, -0.15) is 0 Å². The van der Waals surface area contributed by atoms with Crippen molar-refractivity contribution < 1.29 is 0 Å². The molecule has 0 spiro atoms. The highest BCUT2D eigenvalue weighted by Crippen LogP contribution is 2.52. The SMILES string of the molecule is CC1(CCc2ccc(-c3ccc4c(c3)c(-c3ccccc3)cc3ccccc34)cc2)c2ccccc2-c2ccc(NC3C=CC(C4C=CC=CC4)=CC3)cc21. The molecule has 0 saturated heterocycles. The Balaban J connectivity index is 0.901. The topological polar surface area (TPSA) is 12.0 Å². The zero-order valence-electron chi connectivity index (χ0n) is 31.4. The summed E-state index contributed by atoms with van der Waals surface area (Å²) in [6.07, 6.45) is 20.2. The Morgan fingerprint density at radius 3 is 2.22 bits per heavy atom. The maximum atomic E-state index is 3.86. The van der Waals surface area contributed by atoms with Crippen LogP contribution in [0.2, 0.25) is 0 Å². The number of hydrogen-bond donors (Lipinski definition) is 1. The summed E-state index contributed by atoms with van der Waals surface area (Å²) in [5, 5.41) is 9.03. The minimum atomic E-state index is -0.0758. The van der Waals surface area contributed by atoms with Gasteiger partial charge in [0.15, 0.2) is 0 Å². The lowest BCUT2D eigenvalue weighted by atomic mass is 9.75. The molecule has 7 aromatic carbocycles. The van der Waals surface area contributed by atoms with Crippen molar-refractivity contribution in [1.29, 1.82) is 0 Å². The fraction of sp³-hybridized carbons (Fsp3) is 0.148. The molecule has 0 saturated carbocycles. The molecule has 7 aromatic rings.